The van der Waals surface area contributed by atoms with E-state index in [-0.39, 0.29) is 6.04 Å². The van der Waals surface area contributed by atoms with Gasteiger partial charge in [0.2, 0.25) is 0 Å². The largest absolute Gasteiger partial charge is 0.436 e. The summed E-state index contributed by atoms with van der Waals surface area (Å²) < 4.78 is 5.52. The van der Waals surface area contributed by atoms with Gasteiger partial charge in [-0.2, -0.15) is 0 Å². The third kappa shape index (κ3) is 2.90. The summed E-state index contributed by atoms with van der Waals surface area (Å²) in [6.07, 6.45) is 0. The van der Waals surface area contributed by atoms with Gasteiger partial charge in [-0.3, -0.25) is 0 Å². The fraction of sp³-hybridized carbons (Fsp3) is 0.308. The molecule has 0 aliphatic rings. The molecule has 0 spiro atoms. The highest BCUT2D eigenvalue weighted by Gasteiger charge is 2.07. The molecule has 0 aliphatic carbocycles. The molecule has 2 aromatic rings. The van der Waals surface area contributed by atoms with E-state index in [9.17, 15) is 0 Å². The lowest BCUT2D eigenvalue weighted by Crippen LogP contribution is -2.04. The van der Waals surface area contributed by atoms with Gasteiger partial charge in [0, 0.05) is 10.9 Å². The molecule has 0 amide bonds. The van der Waals surface area contributed by atoms with Crippen molar-refractivity contribution in [1.29, 1.82) is 0 Å². The summed E-state index contributed by atoms with van der Waals surface area (Å²) >= 11 is 1.52. The zero-order chi connectivity index (χ0) is 12.4. The Morgan fingerprint density at radius 3 is 2.35 bits per heavy atom. The summed E-state index contributed by atoms with van der Waals surface area (Å²) in [5.41, 5.74) is 7.88. The lowest BCUT2D eigenvalue weighted by molar-refractivity contribution is 0.431. The summed E-state index contributed by atoms with van der Waals surface area (Å²) in [6.45, 7) is 5.84. The average molecular weight is 248 g/mol. The van der Waals surface area contributed by atoms with E-state index in [0.29, 0.717) is 5.22 Å². The van der Waals surface area contributed by atoms with Crippen LogP contribution in [0.15, 0.2) is 38.8 Å². The van der Waals surface area contributed by atoms with Gasteiger partial charge in [-0.25, -0.2) is 4.98 Å². The third-order valence-electron chi connectivity index (χ3n) is 2.62. The molecule has 3 nitrogen and oxygen atoms in total. The van der Waals surface area contributed by atoms with E-state index in [4.69, 9.17) is 10.2 Å². The smallest absolute Gasteiger partial charge is 0.260 e. The lowest BCUT2D eigenvalue weighted by atomic mass is 10.1. The van der Waals surface area contributed by atoms with Gasteiger partial charge >= 0.3 is 0 Å². The predicted molar refractivity (Wildman–Crippen MR) is 69.1 cm³/mol. The van der Waals surface area contributed by atoms with E-state index in [1.807, 2.05) is 45.0 Å². The first-order valence-corrected chi connectivity index (χ1v) is 6.35. The summed E-state index contributed by atoms with van der Waals surface area (Å²) in [4.78, 5) is 5.44. The fourth-order valence-electron chi connectivity index (χ4n) is 1.43. The molecule has 0 saturated heterocycles. The Kier molecular flexibility index (Phi) is 3.54. The molecule has 2 N–H and O–H groups in total. The molecule has 1 atom stereocenters. The van der Waals surface area contributed by atoms with Gasteiger partial charge in [-0.15, -0.1) is 0 Å². The standard InChI is InChI=1S/C13H16N2OS/c1-8(14)11-4-6-12(7-5-11)17-13-15-9(2)10(3)16-13/h4-8H,14H2,1-3H3/t8-/m0/s1. The normalized spacial score (nSPS) is 12.7. The summed E-state index contributed by atoms with van der Waals surface area (Å²) in [5.74, 6) is 0.875. The summed E-state index contributed by atoms with van der Waals surface area (Å²) in [5, 5.41) is 0.688. The second-order valence-corrected chi connectivity index (χ2v) is 5.11. The van der Waals surface area contributed by atoms with E-state index in [2.05, 4.69) is 4.98 Å². The SMILES string of the molecule is Cc1nc(Sc2ccc([C@H](C)N)cc2)oc1C. The number of hydrogen-bond donors (Lipinski definition) is 1. The highest BCUT2D eigenvalue weighted by atomic mass is 32.2. The van der Waals surface area contributed by atoms with E-state index < -0.39 is 0 Å². The van der Waals surface area contributed by atoms with Gasteiger partial charge in [0.05, 0.1) is 5.69 Å². The Balaban J connectivity index is 2.13. The lowest BCUT2D eigenvalue weighted by Gasteiger charge is -2.05. The molecule has 0 aliphatic heterocycles. The number of oxazole rings is 1. The quantitative estimate of drug-likeness (QED) is 0.903. The summed E-state index contributed by atoms with van der Waals surface area (Å²) in [7, 11) is 0. The molecule has 4 heteroatoms. The maximum atomic E-state index is 5.80. The van der Waals surface area contributed by atoms with Gasteiger partial charge < -0.3 is 10.2 Å². The molecule has 0 saturated carbocycles. The van der Waals surface area contributed by atoms with Crippen molar-refractivity contribution >= 4 is 11.8 Å². The Labute approximate surface area is 105 Å². The molecular weight excluding hydrogens is 232 g/mol. The molecule has 17 heavy (non-hydrogen) atoms. The van der Waals surface area contributed by atoms with Crippen molar-refractivity contribution in [3.05, 3.63) is 41.3 Å². The van der Waals surface area contributed by atoms with Gasteiger partial charge in [0.1, 0.15) is 5.76 Å². The van der Waals surface area contributed by atoms with Gasteiger partial charge in [-0.05, 0) is 50.2 Å². The van der Waals surface area contributed by atoms with E-state index in [1.54, 1.807) is 0 Å². The van der Waals surface area contributed by atoms with Crippen molar-refractivity contribution in [2.75, 3.05) is 0 Å². The van der Waals surface area contributed by atoms with E-state index in [1.165, 1.54) is 11.8 Å². The van der Waals surface area contributed by atoms with Crippen LogP contribution in [0.3, 0.4) is 0 Å². The van der Waals surface area contributed by atoms with Crippen LogP contribution in [0.4, 0.5) is 0 Å². The first-order chi connectivity index (χ1) is 8.06. The number of nitrogens with two attached hydrogens (primary N) is 1. The number of nitrogens with zero attached hydrogens (tertiary/aromatic N) is 1. The number of benzene rings is 1. The predicted octanol–water partition coefficient (Wildman–Crippen LogP) is 3.46. The zero-order valence-corrected chi connectivity index (χ0v) is 11.0. The molecular formula is C13H16N2OS. The van der Waals surface area contributed by atoms with Crippen molar-refractivity contribution in [3.8, 4) is 0 Å². The van der Waals surface area contributed by atoms with Gasteiger partial charge in [0.15, 0.2) is 0 Å². The number of hydrogen-bond acceptors (Lipinski definition) is 4. The first kappa shape index (κ1) is 12.2. The molecule has 0 unspecified atom stereocenters. The van der Waals surface area contributed by atoms with Crippen LogP contribution >= 0.6 is 11.8 Å². The fourth-order valence-corrected chi connectivity index (χ4v) is 2.25. The van der Waals surface area contributed by atoms with Crippen molar-refractivity contribution in [2.45, 2.75) is 36.9 Å². The van der Waals surface area contributed by atoms with Crippen LogP contribution in [-0.4, -0.2) is 4.98 Å². The minimum absolute atomic E-state index is 0.0697. The Morgan fingerprint density at radius 2 is 1.88 bits per heavy atom. The Hall–Kier alpha value is -1.26. The molecule has 1 heterocycles. The number of aryl methyl sites for hydroxylation is 2. The Bertz CT molecular complexity index is 483. The van der Waals surface area contributed by atoms with Crippen LogP contribution in [0.5, 0.6) is 0 Å². The minimum atomic E-state index is 0.0697. The van der Waals surface area contributed by atoms with E-state index >= 15 is 0 Å². The molecule has 2 rings (SSSR count). The maximum absolute atomic E-state index is 5.80. The van der Waals surface area contributed by atoms with Crippen molar-refractivity contribution < 1.29 is 4.42 Å². The van der Waals surface area contributed by atoms with Crippen LogP contribution in [0.2, 0.25) is 0 Å². The Morgan fingerprint density at radius 1 is 1.24 bits per heavy atom. The van der Waals surface area contributed by atoms with Crippen molar-refractivity contribution in [2.24, 2.45) is 5.73 Å². The van der Waals surface area contributed by atoms with Gasteiger partial charge in [-0.1, -0.05) is 12.1 Å². The second-order valence-electron chi connectivity index (χ2n) is 4.08. The molecule has 0 radical (unpaired) electrons. The van der Waals surface area contributed by atoms with Crippen LogP contribution < -0.4 is 5.73 Å². The molecule has 1 aromatic carbocycles. The molecule has 90 valence electrons. The number of rotatable bonds is 3. The second kappa shape index (κ2) is 4.94. The highest BCUT2D eigenvalue weighted by molar-refractivity contribution is 7.99. The third-order valence-corrected chi connectivity index (χ3v) is 3.48. The van der Waals surface area contributed by atoms with Crippen molar-refractivity contribution in [3.63, 3.8) is 0 Å². The van der Waals surface area contributed by atoms with Crippen LogP contribution in [0.25, 0.3) is 0 Å². The molecule has 0 bridgehead atoms. The topological polar surface area (TPSA) is 52.0 Å². The van der Waals surface area contributed by atoms with Crippen LogP contribution in [0.1, 0.15) is 30.0 Å². The molecule has 1 aromatic heterocycles. The monoisotopic (exact) mass is 248 g/mol. The number of aromatic nitrogens is 1. The molecule has 0 fully saturated rings. The van der Waals surface area contributed by atoms with Crippen molar-refractivity contribution in [1.82, 2.24) is 4.98 Å². The first-order valence-electron chi connectivity index (χ1n) is 5.53. The van der Waals surface area contributed by atoms with Crippen LogP contribution in [-0.2, 0) is 0 Å². The van der Waals surface area contributed by atoms with Gasteiger partial charge in [0.25, 0.3) is 5.22 Å². The highest BCUT2D eigenvalue weighted by Crippen LogP contribution is 2.28. The van der Waals surface area contributed by atoms with Crippen LogP contribution in [0, 0.1) is 13.8 Å². The maximum Gasteiger partial charge on any atom is 0.260 e. The zero-order valence-electron chi connectivity index (χ0n) is 10.2. The average Bonchev–Trinajstić information content (AvgIpc) is 2.58. The minimum Gasteiger partial charge on any atom is -0.436 e. The van der Waals surface area contributed by atoms with E-state index in [0.717, 1.165) is 21.9 Å². The summed E-state index contributed by atoms with van der Waals surface area (Å²) in [6, 6.07) is 8.22.